The van der Waals surface area contributed by atoms with Crippen LogP contribution in [0.5, 0.6) is 5.75 Å². The Labute approximate surface area is 203 Å². The molecule has 6 rings (SSSR count). The highest BCUT2D eigenvalue weighted by molar-refractivity contribution is 6.36. The summed E-state index contributed by atoms with van der Waals surface area (Å²) in [5.41, 5.74) is 8.37. The van der Waals surface area contributed by atoms with Crippen LogP contribution in [0.4, 0.5) is 11.4 Å². The van der Waals surface area contributed by atoms with Gasteiger partial charge in [-0.3, -0.25) is 4.99 Å². The SMILES string of the molecule is COc1cccc(C2=Nc3ccc(-c4nc5ccc(N6CCN(C)CC6)cc5[nH]4)cc3C2)c1Cl. The van der Waals surface area contributed by atoms with Crippen LogP contribution in [0, 0.1) is 0 Å². The van der Waals surface area contributed by atoms with E-state index in [4.69, 9.17) is 26.3 Å². The molecule has 0 atom stereocenters. The van der Waals surface area contributed by atoms with Crippen LogP contribution in [0.25, 0.3) is 22.4 Å². The number of aliphatic imine (C=N–C) groups is 1. The quantitative estimate of drug-likeness (QED) is 0.437. The third-order valence-corrected chi connectivity index (χ3v) is 7.18. The molecule has 0 radical (unpaired) electrons. The Morgan fingerprint density at radius 3 is 2.68 bits per heavy atom. The maximum Gasteiger partial charge on any atom is 0.138 e. The summed E-state index contributed by atoms with van der Waals surface area (Å²) in [6, 6.07) is 18.6. The summed E-state index contributed by atoms with van der Waals surface area (Å²) in [7, 11) is 3.81. The van der Waals surface area contributed by atoms with E-state index in [0.717, 1.165) is 72.0 Å². The van der Waals surface area contributed by atoms with Gasteiger partial charge in [0.1, 0.15) is 11.6 Å². The number of piperazine rings is 1. The van der Waals surface area contributed by atoms with Crippen LogP contribution >= 0.6 is 11.6 Å². The number of nitrogens with zero attached hydrogens (tertiary/aromatic N) is 4. The van der Waals surface area contributed by atoms with Crippen molar-refractivity contribution in [1.82, 2.24) is 14.9 Å². The number of ether oxygens (including phenoxy) is 1. The molecule has 0 amide bonds. The lowest BCUT2D eigenvalue weighted by Gasteiger charge is -2.34. The minimum Gasteiger partial charge on any atom is -0.495 e. The van der Waals surface area contributed by atoms with Crippen molar-refractivity contribution < 1.29 is 4.74 Å². The lowest BCUT2D eigenvalue weighted by molar-refractivity contribution is 0.313. The highest BCUT2D eigenvalue weighted by atomic mass is 35.5. The summed E-state index contributed by atoms with van der Waals surface area (Å²) in [6.07, 6.45) is 0.726. The van der Waals surface area contributed by atoms with Crippen LogP contribution in [0.3, 0.4) is 0 Å². The minimum absolute atomic E-state index is 0.602. The van der Waals surface area contributed by atoms with Crippen molar-refractivity contribution in [2.45, 2.75) is 6.42 Å². The number of likely N-dealkylation sites (N-methyl/N-ethyl adjacent to an activating group) is 1. The average Bonchev–Trinajstić information content (AvgIpc) is 3.48. The van der Waals surface area contributed by atoms with Crippen molar-refractivity contribution in [3.05, 3.63) is 70.7 Å². The molecule has 4 aromatic rings. The third-order valence-electron chi connectivity index (χ3n) is 6.79. The van der Waals surface area contributed by atoms with Crippen molar-refractivity contribution in [2.75, 3.05) is 45.2 Å². The van der Waals surface area contributed by atoms with E-state index in [-0.39, 0.29) is 0 Å². The number of imidazole rings is 1. The molecule has 0 bridgehead atoms. The molecule has 2 aliphatic heterocycles. The minimum atomic E-state index is 0.602. The summed E-state index contributed by atoms with van der Waals surface area (Å²) in [5, 5.41) is 0.602. The average molecular weight is 472 g/mol. The van der Waals surface area contributed by atoms with E-state index in [9.17, 15) is 0 Å². The zero-order valence-corrected chi connectivity index (χ0v) is 20.1. The maximum atomic E-state index is 6.55. The number of methoxy groups -OCH3 is 1. The Kier molecular flexibility index (Phi) is 5.27. The van der Waals surface area contributed by atoms with Gasteiger partial charge in [0.05, 0.1) is 34.6 Å². The number of aromatic amines is 1. The fourth-order valence-corrected chi connectivity index (χ4v) is 5.10. The Morgan fingerprint density at radius 2 is 1.85 bits per heavy atom. The fourth-order valence-electron chi connectivity index (χ4n) is 4.79. The van der Waals surface area contributed by atoms with Crippen molar-refractivity contribution in [3.63, 3.8) is 0 Å². The van der Waals surface area contributed by atoms with Crippen LogP contribution in [-0.2, 0) is 6.42 Å². The lowest BCUT2D eigenvalue weighted by atomic mass is 10.0. The van der Waals surface area contributed by atoms with E-state index in [2.05, 4.69) is 58.2 Å². The number of hydrogen-bond donors (Lipinski definition) is 1. The normalized spacial score (nSPS) is 16.1. The number of rotatable bonds is 4. The molecule has 34 heavy (non-hydrogen) atoms. The molecule has 1 saturated heterocycles. The van der Waals surface area contributed by atoms with Crippen LogP contribution in [0.15, 0.2) is 59.6 Å². The maximum absolute atomic E-state index is 6.55. The van der Waals surface area contributed by atoms with Crippen molar-refractivity contribution >= 4 is 39.7 Å². The first-order valence-corrected chi connectivity index (χ1v) is 11.9. The van der Waals surface area contributed by atoms with E-state index >= 15 is 0 Å². The molecule has 0 unspecified atom stereocenters. The monoisotopic (exact) mass is 471 g/mol. The number of aromatic nitrogens is 2. The van der Waals surface area contributed by atoms with Crippen molar-refractivity contribution in [2.24, 2.45) is 4.99 Å². The number of anilines is 1. The van der Waals surface area contributed by atoms with Crippen LogP contribution in [0.2, 0.25) is 5.02 Å². The Morgan fingerprint density at radius 1 is 1.00 bits per heavy atom. The molecule has 1 fully saturated rings. The summed E-state index contributed by atoms with van der Waals surface area (Å²) in [6.45, 7) is 4.28. The van der Waals surface area contributed by atoms with Gasteiger partial charge >= 0.3 is 0 Å². The van der Waals surface area contributed by atoms with Gasteiger partial charge < -0.3 is 19.5 Å². The number of H-pyrrole nitrogens is 1. The van der Waals surface area contributed by atoms with Gasteiger partial charge in [-0.1, -0.05) is 23.7 Å². The van der Waals surface area contributed by atoms with Gasteiger partial charge in [-0.25, -0.2) is 4.98 Å². The second-order valence-electron chi connectivity index (χ2n) is 8.98. The van der Waals surface area contributed by atoms with E-state index in [0.29, 0.717) is 10.8 Å². The molecular weight excluding hydrogens is 446 g/mol. The van der Waals surface area contributed by atoms with E-state index in [1.54, 1.807) is 7.11 Å². The number of benzene rings is 3. The number of halogens is 1. The van der Waals surface area contributed by atoms with Crippen LogP contribution < -0.4 is 9.64 Å². The summed E-state index contributed by atoms with van der Waals surface area (Å²) < 4.78 is 5.38. The summed E-state index contributed by atoms with van der Waals surface area (Å²) >= 11 is 6.55. The molecule has 0 spiro atoms. The largest absolute Gasteiger partial charge is 0.495 e. The lowest BCUT2D eigenvalue weighted by Crippen LogP contribution is -2.44. The molecule has 6 nitrogen and oxygen atoms in total. The van der Waals surface area contributed by atoms with Crippen molar-refractivity contribution in [3.8, 4) is 17.1 Å². The molecule has 0 saturated carbocycles. The predicted octanol–water partition coefficient (Wildman–Crippen LogP) is 5.32. The Bertz CT molecular complexity index is 1420. The van der Waals surface area contributed by atoms with Crippen LogP contribution in [0.1, 0.15) is 11.1 Å². The number of hydrogen-bond acceptors (Lipinski definition) is 5. The first-order chi connectivity index (χ1) is 16.6. The topological polar surface area (TPSA) is 56.8 Å². The third kappa shape index (κ3) is 3.73. The molecule has 1 aromatic heterocycles. The van der Waals surface area contributed by atoms with Gasteiger partial charge in [-0.05, 0) is 55.1 Å². The smallest absolute Gasteiger partial charge is 0.138 e. The predicted molar refractivity (Wildman–Crippen MR) is 139 cm³/mol. The molecule has 3 heterocycles. The molecule has 7 heteroatoms. The fraction of sp³-hybridized carbons (Fsp3) is 0.259. The molecule has 1 N–H and O–H groups in total. The zero-order valence-electron chi connectivity index (χ0n) is 19.3. The van der Waals surface area contributed by atoms with E-state index in [1.165, 1.54) is 11.3 Å². The molecule has 0 aliphatic carbocycles. The molecule has 3 aromatic carbocycles. The zero-order chi connectivity index (χ0) is 23.2. The van der Waals surface area contributed by atoms with E-state index < -0.39 is 0 Å². The summed E-state index contributed by atoms with van der Waals surface area (Å²) in [4.78, 5) is 18.1. The van der Waals surface area contributed by atoms with Gasteiger partial charge in [0.15, 0.2) is 0 Å². The second-order valence-corrected chi connectivity index (χ2v) is 9.36. The highest BCUT2D eigenvalue weighted by Gasteiger charge is 2.21. The number of nitrogens with one attached hydrogen (secondary N) is 1. The van der Waals surface area contributed by atoms with E-state index in [1.807, 2.05) is 18.2 Å². The Hall–Kier alpha value is -3.35. The second kappa shape index (κ2) is 8.46. The Balaban J connectivity index is 1.27. The van der Waals surface area contributed by atoms with Gasteiger partial charge in [-0.2, -0.15) is 0 Å². The molecule has 172 valence electrons. The standard InChI is InChI=1S/C27H26ClN5O/c1-32-10-12-33(13-11-32)19-7-9-22-24(16-19)31-27(30-22)17-6-8-21-18(14-17)15-23(29-21)20-4-3-5-25(34-2)26(20)28/h3-9,14,16H,10-13,15H2,1-2H3,(H,30,31). The first kappa shape index (κ1) is 21.2. The molecule has 2 aliphatic rings. The van der Waals surface area contributed by atoms with Gasteiger partial charge in [-0.15, -0.1) is 0 Å². The van der Waals surface area contributed by atoms with Crippen LogP contribution in [-0.4, -0.2) is 60.9 Å². The highest BCUT2D eigenvalue weighted by Crippen LogP contribution is 2.36. The van der Waals surface area contributed by atoms with Gasteiger partial charge in [0.25, 0.3) is 0 Å². The number of fused-ring (bicyclic) bond motifs is 2. The van der Waals surface area contributed by atoms with Gasteiger partial charge in [0.2, 0.25) is 0 Å². The van der Waals surface area contributed by atoms with Crippen molar-refractivity contribution in [1.29, 1.82) is 0 Å². The summed E-state index contributed by atoms with van der Waals surface area (Å²) in [5.74, 6) is 1.54. The van der Waals surface area contributed by atoms with Gasteiger partial charge in [0, 0.05) is 49.4 Å². The first-order valence-electron chi connectivity index (χ1n) is 11.6. The molecular formula is C27H26ClN5O.